The number of hydrogen-bond donors (Lipinski definition) is 0. The Bertz CT molecular complexity index is 364. The molecule has 2 rings (SSSR count). The zero-order chi connectivity index (χ0) is 13.6. The van der Waals surface area contributed by atoms with Crippen molar-refractivity contribution in [2.75, 3.05) is 7.11 Å². The van der Waals surface area contributed by atoms with Crippen molar-refractivity contribution in [3.05, 3.63) is 12.7 Å². The highest BCUT2D eigenvalue weighted by Crippen LogP contribution is 2.41. The van der Waals surface area contributed by atoms with E-state index < -0.39 is 29.6 Å². The predicted molar refractivity (Wildman–Crippen MR) is 63.9 cm³/mol. The van der Waals surface area contributed by atoms with Crippen LogP contribution in [0.15, 0.2) is 12.7 Å². The van der Waals surface area contributed by atoms with Crippen molar-refractivity contribution in [1.82, 2.24) is 0 Å². The van der Waals surface area contributed by atoms with Crippen LogP contribution in [0.25, 0.3) is 0 Å². The maximum atomic E-state index is 12.0. The van der Waals surface area contributed by atoms with E-state index in [2.05, 4.69) is 6.58 Å². The SMILES string of the molecule is C=CC[C@]1(C)OC(=O)[C@@H]2OC(C)(C)O[C@@H]2[C@H]1OC. The van der Waals surface area contributed by atoms with E-state index in [4.69, 9.17) is 18.9 Å². The third-order valence-electron chi connectivity index (χ3n) is 3.40. The number of rotatable bonds is 3. The van der Waals surface area contributed by atoms with Gasteiger partial charge in [-0.2, -0.15) is 0 Å². The first kappa shape index (κ1) is 13.5. The molecule has 0 aromatic rings. The number of carbonyl (C=O) groups is 1. The molecule has 2 fully saturated rings. The lowest BCUT2D eigenvalue weighted by Gasteiger charge is -2.43. The Hall–Kier alpha value is -0.910. The molecule has 0 N–H and O–H groups in total. The molecule has 0 spiro atoms. The van der Waals surface area contributed by atoms with Crippen molar-refractivity contribution in [2.45, 2.75) is 56.9 Å². The second-order valence-corrected chi connectivity index (χ2v) is 5.40. The second kappa shape index (κ2) is 4.33. The van der Waals surface area contributed by atoms with Gasteiger partial charge in [0, 0.05) is 13.5 Å². The minimum Gasteiger partial charge on any atom is -0.454 e. The van der Waals surface area contributed by atoms with E-state index in [-0.39, 0.29) is 6.10 Å². The standard InChI is InChI=1S/C13H20O5/c1-6-7-13(4)10(15-5)8-9(11(14)18-13)17-12(2,3)16-8/h6,8-10H,1,7H2,2-5H3/t8-,9+,10+,13-/m0/s1. The summed E-state index contributed by atoms with van der Waals surface area (Å²) in [5.74, 6) is -1.20. The summed E-state index contributed by atoms with van der Waals surface area (Å²) in [6.45, 7) is 9.06. The summed E-state index contributed by atoms with van der Waals surface area (Å²) in [5.41, 5.74) is -0.765. The van der Waals surface area contributed by atoms with Crippen LogP contribution in [0.2, 0.25) is 0 Å². The van der Waals surface area contributed by atoms with Crippen LogP contribution in [-0.2, 0) is 23.7 Å². The first-order valence-corrected chi connectivity index (χ1v) is 6.05. The molecule has 5 nitrogen and oxygen atoms in total. The van der Waals surface area contributed by atoms with Gasteiger partial charge < -0.3 is 18.9 Å². The molecule has 2 heterocycles. The lowest BCUT2D eigenvalue weighted by atomic mass is 9.86. The fourth-order valence-electron chi connectivity index (χ4n) is 2.71. The first-order chi connectivity index (χ1) is 8.33. The third kappa shape index (κ3) is 2.06. The smallest absolute Gasteiger partial charge is 0.338 e. The quantitative estimate of drug-likeness (QED) is 0.564. The topological polar surface area (TPSA) is 54.0 Å². The molecule has 2 saturated heterocycles. The molecule has 5 heteroatoms. The summed E-state index contributed by atoms with van der Waals surface area (Å²) in [6.07, 6.45) is 0.671. The molecule has 0 unspecified atom stereocenters. The Kier molecular flexibility index (Phi) is 3.25. The van der Waals surface area contributed by atoms with Crippen LogP contribution in [0, 0.1) is 0 Å². The molecular weight excluding hydrogens is 236 g/mol. The highest BCUT2D eigenvalue weighted by Gasteiger charge is 2.59. The summed E-state index contributed by atoms with van der Waals surface area (Å²) in [7, 11) is 1.58. The van der Waals surface area contributed by atoms with Crippen LogP contribution >= 0.6 is 0 Å². The zero-order valence-electron chi connectivity index (χ0n) is 11.3. The average molecular weight is 256 g/mol. The summed E-state index contributed by atoms with van der Waals surface area (Å²) in [5, 5.41) is 0. The maximum absolute atomic E-state index is 12.0. The lowest BCUT2D eigenvalue weighted by Crippen LogP contribution is -2.61. The van der Waals surface area contributed by atoms with E-state index in [0.29, 0.717) is 6.42 Å². The maximum Gasteiger partial charge on any atom is 0.338 e. The molecule has 0 saturated carbocycles. The predicted octanol–water partition coefficient (Wildman–Crippen LogP) is 1.41. The molecule has 0 aliphatic carbocycles. The van der Waals surface area contributed by atoms with Gasteiger partial charge in [-0.25, -0.2) is 4.79 Å². The number of esters is 1. The van der Waals surface area contributed by atoms with Crippen molar-refractivity contribution >= 4 is 5.97 Å². The van der Waals surface area contributed by atoms with Gasteiger partial charge in [0.15, 0.2) is 11.9 Å². The number of cyclic esters (lactones) is 1. The molecule has 0 bridgehead atoms. The number of ether oxygens (including phenoxy) is 4. The van der Waals surface area contributed by atoms with Crippen molar-refractivity contribution < 1.29 is 23.7 Å². The largest absolute Gasteiger partial charge is 0.454 e. The van der Waals surface area contributed by atoms with E-state index in [9.17, 15) is 4.79 Å². The van der Waals surface area contributed by atoms with E-state index in [1.165, 1.54) is 0 Å². The lowest BCUT2D eigenvalue weighted by molar-refractivity contribution is -0.214. The van der Waals surface area contributed by atoms with Gasteiger partial charge in [0.25, 0.3) is 0 Å². The molecule has 2 aliphatic heterocycles. The van der Waals surface area contributed by atoms with Gasteiger partial charge in [-0.3, -0.25) is 0 Å². The van der Waals surface area contributed by atoms with Gasteiger partial charge >= 0.3 is 5.97 Å². The Labute approximate surface area is 107 Å². The van der Waals surface area contributed by atoms with Gasteiger partial charge in [-0.15, -0.1) is 6.58 Å². The number of hydrogen-bond acceptors (Lipinski definition) is 5. The fourth-order valence-corrected chi connectivity index (χ4v) is 2.71. The van der Waals surface area contributed by atoms with E-state index in [1.807, 2.05) is 6.92 Å². The van der Waals surface area contributed by atoms with Gasteiger partial charge in [0.1, 0.15) is 17.8 Å². The van der Waals surface area contributed by atoms with Crippen molar-refractivity contribution in [1.29, 1.82) is 0 Å². The van der Waals surface area contributed by atoms with Crippen LogP contribution in [0.5, 0.6) is 0 Å². The van der Waals surface area contributed by atoms with Gasteiger partial charge in [0.05, 0.1) is 0 Å². The third-order valence-corrected chi connectivity index (χ3v) is 3.40. The van der Waals surface area contributed by atoms with Crippen LogP contribution in [-0.4, -0.2) is 42.8 Å². The van der Waals surface area contributed by atoms with Gasteiger partial charge in [0.2, 0.25) is 0 Å². The van der Waals surface area contributed by atoms with Crippen molar-refractivity contribution in [2.24, 2.45) is 0 Å². The van der Waals surface area contributed by atoms with Crippen LogP contribution in [0.4, 0.5) is 0 Å². The van der Waals surface area contributed by atoms with Crippen LogP contribution in [0.1, 0.15) is 27.2 Å². The molecule has 0 amide bonds. The Morgan fingerprint density at radius 1 is 1.39 bits per heavy atom. The molecule has 0 radical (unpaired) electrons. The average Bonchev–Trinajstić information content (AvgIpc) is 2.54. The highest BCUT2D eigenvalue weighted by atomic mass is 16.8. The molecule has 102 valence electrons. The molecule has 18 heavy (non-hydrogen) atoms. The Morgan fingerprint density at radius 2 is 2.06 bits per heavy atom. The molecule has 4 atom stereocenters. The van der Waals surface area contributed by atoms with Crippen molar-refractivity contribution in [3.8, 4) is 0 Å². The normalized spacial score (nSPS) is 42.2. The summed E-state index contributed by atoms with van der Waals surface area (Å²) < 4.78 is 22.3. The number of methoxy groups -OCH3 is 1. The van der Waals surface area contributed by atoms with Crippen LogP contribution < -0.4 is 0 Å². The van der Waals surface area contributed by atoms with Crippen molar-refractivity contribution in [3.63, 3.8) is 0 Å². The number of fused-ring (bicyclic) bond motifs is 1. The highest BCUT2D eigenvalue weighted by molar-refractivity contribution is 5.77. The Balaban J connectivity index is 2.31. The summed E-state index contributed by atoms with van der Waals surface area (Å²) in [6, 6.07) is 0. The zero-order valence-corrected chi connectivity index (χ0v) is 11.3. The monoisotopic (exact) mass is 256 g/mol. The minimum atomic E-state index is -0.801. The number of carbonyl (C=O) groups excluding carboxylic acids is 1. The Morgan fingerprint density at radius 3 is 2.61 bits per heavy atom. The van der Waals surface area contributed by atoms with Gasteiger partial charge in [-0.1, -0.05) is 6.08 Å². The first-order valence-electron chi connectivity index (χ1n) is 6.05. The van der Waals surface area contributed by atoms with E-state index >= 15 is 0 Å². The van der Waals surface area contributed by atoms with E-state index in [1.54, 1.807) is 27.0 Å². The molecule has 2 aliphatic rings. The summed E-state index contributed by atoms with van der Waals surface area (Å²) >= 11 is 0. The molecule has 0 aromatic heterocycles. The summed E-state index contributed by atoms with van der Waals surface area (Å²) in [4.78, 5) is 12.0. The molecular formula is C13H20O5. The van der Waals surface area contributed by atoms with Gasteiger partial charge in [-0.05, 0) is 20.8 Å². The van der Waals surface area contributed by atoms with E-state index in [0.717, 1.165) is 0 Å². The second-order valence-electron chi connectivity index (χ2n) is 5.40. The minimum absolute atomic E-state index is 0.375. The molecule has 0 aromatic carbocycles. The fraction of sp³-hybridized carbons (Fsp3) is 0.769. The van der Waals surface area contributed by atoms with Crippen LogP contribution in [0.3, 0.4) is 0 Å².